The molecule has 0 saturated carbocycles. The van der Waals surface area contributed by atoms with Crippen LogP contribution in [0.4, 0.5) is 5.69 Å². The van der Waals surface area contributed by atoms with Crippen LogP contribution >= 0.6 is 0 Å². The van der Waals surface area contributed by atoms with E-state index >= 15 is 0 Å². The first-order valence-corrected chi connectivity index (χ1v) is 7.87. The van der Waals surface area contributed by atoms with Gasteiger partial charge in [0.05, 0.1) is 5.56 Å². The fourth-order valence-electron chi connectivity index (χ4n) is 2.34. The van der Waals surface area contributed by atoms with Gasteiger partial charge >= 0.3 is 5.97 Å². The normalized spacial score (nSPS) is 10.1. The summed E-state index contributed by atoms with van der Waals surface area (Å²) < 4.78 is 5.35. The van der Waals surface area contributed by atoms with Crippen molar-refractivity contribution in [2.75, 3.05) is 5.32 Å². The molecule has 3 rings (SSSR count). The lowest BCUT2D eigenvalue weighted by Crippen LogP contribution is -2.12. The van der Waals surface area contributed by atoms with Crippen molar-refractivity contribution < 1.29 is 14.3 Å². The summed E-state index contributed by atoms with van der Waals surface area (Å²) in [5.74, 6) is -0.181. The van der Waals surface area contributed by atoms with Crippen molar-refractivity contribution in [3.8, 4) is 5.75 Å². The van der Waals surface area contributed by atoms with Gasteiger partial charge in [-0.3, -0.25) is 4.79 Å². The number of aryl methyl sites for hydroxylation is 1. The van der Waals surface area contributed by atoms with Gasteiger partial charge in [0, 0.05) is 11.3 Å². The molecule has 4 nitrogen and oxygen atoms in total. The number of carbonyl (C=O) groups is 2. The zero-order valence-corrected chi connectivity index (χ0v) is 13.7. The highest BCUT2D eigenvalue weighted by Gasteiger charge is 2.09. The number of hydrogen-bond acceptors (Lipinski definition) is 3. The number of amides is 1. The van der Waals surface area contributed by atoms with Gasteiger partial charge in [0.1, 0.15) is 5.75 Å². The molecule has 4 heteroatoms. The molecule has 0 fully saturated rings. The molecule has 3 aromatic rings. The number of ether oxygens (including phenoxy) is 1. The lowest BCUT2D eigenvalue weighted by molar-refractivity contribution is 0.0734. The monoisotopic (exact) mass is 331 g/mol. The Morgan fingerprint density at radius 1 is 0.800 bits per heavy atom. The summed E-state index contributed by atoms with van der Waals surface area (Å²) in [4.78, 5) is 24.2. The third kappa shape index (κ3) is 4.32. The summed E-state index contributed by atoms with van der Waals surface area (Å²) in [7, 11) is 0. The molecule has 0 aliphatic rings. The van der Waals surface area contributed by atoms with E-state index in [9.17, 15) is 9.59 Å². The van der Waals surface area contributed by atoms with Crippen LogP contribution < -0.4 is 10.1 Å². The fourth-order valence-corrected chi connectivity index (χ4v) is 2.34. The van der Waals surface area contributed by atoms with Crippen LogP contribution in [-0.4, -0.2) is 11.9 Å². The SMILES string of the molecule is Cc1cccc(C(=O)Oc2ccc(NC(=O)c3ccccc3)cc2)c1. The maximum Gasteiger partial charge on any atom is 0.343 e. The van der Waals surface area contributed by atoms with Crippen LogP contribution in [0.15, 0.2) is 78.9 Å². The molecule has 3 aromatic carbocycles. The van der Waals surface area contributed by atoms with Crippen molar-refractivity contribution >= 4 is 17.6 Å². The van der Waals surface area contributed by atoms with E-state index in [0.29, 0.717) is 22.6 Å². The minimum absolute atomic E-state index is 0.190. The quantitative estimate of drug-likeness (QED) is 0.567. The minimum atomic E-state index is -0.412. The van der Waals surface area contributed by atoms with Crippen LogP contribution in [0.1, 0.15) is 26.3 Å². The van der Waals surface area contributed by atoms with Gasteiger partial charge < -0.3 is 10.1 Å². The Morgan fingerprint density at radius 2 is 1.48 bits per heavy atom. The second-order valence-corrected chi connectivity index (χ2v) is 5.60. The Morgan fingerprint density at radius 3 is 2.16 bits per heavy atom. The van der Waals surface area contributed by atoms with Gasteiger partial charge in [-0.25, -0.2) is 4.79 Å². The maximum atomic E-state index is 12.1. The highest BCUT2D eigenvalue weighted by atomic mass is 16.5. The predicted octanol–water partition coefficient (Wildman–Crippen LogP) is 4.47. The molecule has 124 valence electrons. The smallest absolute Gasteiger partial charge is 0.343 e. The van der Waals surface area contributed by atoms with E-state index in [1.54, 1.807) is 48.5 Å². The molecule has 0 saturated heterocycles. The molecule has 1 amide bonds. The number of rotatable bonds is 4. The number of nitrogens with one attached hydrogen (secondary N) is 1. The van der Waals surface area contributed by atoms with Gasteiger partial charge in [-0.2, -0.15) is 0 Å². The van der Waals surface area contributed by atoms with Crippen molar-refractivity contribution in [1.29, 1.82) is 0 Å². The molecule has 0 spiro atoms. The Balaban J connectivity index is 1.64. The molecule has 0 bridgehead atoms. The van der Waals surface area contributed by atoms with Crippen LogP contribution in [0.3, 0.4) is 0 Å². The molecular formula is C21H17NO3. The summed E-state index contributed by atoms with van der Waals surface area (Å²) in [6.07, 6.45) is 0. The maximum absolute atomic E-state index is 12.1. The van der Waals surface area contributed by atoms with Crippen molar-refractivity contribution in [3.63, 3.8) is 0 Å². The molecule has 0 unspecified atom stereocenters. The van der Waals surface area contributed by atoms with Gasteiger partial charge in [0.2, 0.25) is 0 Å². The van der Waals surface area contributed by atoms with Gasteiger partial charge in [-0.1, -0.05) is 35.9 Å². The Kier molecular flexibility index (Phi) is 4.90. The molecule has 0 aliphatic heterocycles. The zero-order chi connectivity index (χ0) is 17.6. The average Bonchev–Trinajstić information content (AvgIpc) is 2.64. The number of esters is 1. The standard InChI is InChI=1S/C21H17NO3/c1-15-6-5-9-17(14-15)21(24)25-19-12-10-18(11-13-19)22-20(23)16-7-3-2-4-8-16/h2-14H,1H3,(H,22,23). The third-order valence-electron chi connectivity index (χ3n) is 3.61. The second kappa shape index (κ2) is 7.45. The zero-order valence-electron chi connectivity index (χ0n) is 13.7. The van der Waals surface area contributed by atoms with E-state index in [1.165, 1.54) is 0 Å². The minimum Gasteiger partial charge on any atom is -0.423 e. The average molecular weight is 331 g/mol. The Labute approximate surface area is 146 Å². The van der Waals surface area contributed by atoms with E-state index < -0.39 is 5.97 Å². The predicted molar refractivity (Wildman–Crippen MR) is 97.0 cm³/mol. The first-order chi connectivity index (χ1) is 12.1. The summed E-state index contributed by atoms with van der Waals surface area (Å²) in [5, 5.41) is 2.80. The Hall–Kier alpha value is -3.40. The van der Waals surface area contributed by atoms with Crippen LogP contribution in [0.2, 0.25) is 0 Å². The van der Waals surface area contributed by atoms with Gasteiger partial charge in [0.25, 0.3) is 5.91 Å². The molecular weight excluding hydrogens is 314 g/mol. The number of carbonyl (C=O) groups excluding carboxylic acids is 2. The number of anilines is 1. The summed E-state index contributed by atoms with van der Waals surface area (Å²) >= 11 is 0. The molecule has 0 radical (unpaired) electrons. The van der Waals surface area contributed by atoms with Gasteiger partial charge in [0.15, 0.2) is 0 Å². The van der Waals surface area contributed by atoms with E-state index in [2.05, 4.69) is 5.32 Å². The van der Waals surface area contributed by atoms with E-state index in [1.807, 2.05) is 37.3 Å². The van der Waals surface area contributed by atoms with Crippen molar-refractivity contribution in [3.05, 3.63) is 95.6 Å². The first kappa shape index (κ1) is 16.5. The molecule has 25 heavy (non-hydrogen) atoms. The summed E-state index contributed by atoms with van der Waals surface area (Å²) in [6, 6.07) is 22.9. The van der Waals surface area contributed by atoms with Crippen molar-refractivity contribution in [2.45, 2.75) is 6.92 Å². The van der Waals surface area contributed by atoms with E-state index in [0.717, 1.165) is 5.56 Å². The highest BCUT2D eigenvalue weighted by Crippen LogP contribution is 2.18. The number of benzene rings is 3. The summed E-state index contributed by atoms with van der Waals surface area (Å²) in [5.41, 5.74) is 2.71. The second-order valence-electron chi connectivity index (χ2n) is 5.60. The molecule has 0 atom stereocenters. The largest absolute Gasteiger partial charge is 0.423 e. The van der Waals surface area contributed by atoms with Crippen molar-refractivity contribution in [2.24, 2.45) is 0 Å². The van der Waals surface area contributed by atoms with Crippen LogP contribution in [0, 0.1) is 6.92 Å². The third-order valence-corrected chi connectivity index (χ3v) is 3.61. The van der Waals surface area contributed by atoms with E-state index in [-0.39, 0.29) is 5.91 Å². The van der Waals surface area contributed by atoms with Crippen LogP contribution in [-0.2, 0) is 0 Å². The summed E-state index contributed by atoms with van der Waals surface area (Å²) in [6.45, 7) is 1.92. The fraction of sp³-hybridized carbons (Fsp3) is 0.0476. The molecule has 0 aliphatic carbocycles. The molecule has 0 heterocycles. The van der Waals surface area contributed by atoms with Crippen molar-refractivity contribution in [1.82, 2.24) is 0 Å². The Bertz CT molecular complexity index is 887. The number of hydrogen-bond donors (Lipinski definition) is 1. The topological polar surface area (TPSA) is 55.4 Å². The lowest BCUT2D eigenvalue weighted by atomic mass is 10.1. The van der Waals surface area contributed by atoms with E-state index in [4.69, 9.17) is 4.74 Å². The van der Waals surface area contributed by atoms with Gasteiger partial charge in [-0.05, 0) is 55.5 Å². The highest BCUT2D eigenvalue weighted by molar-refractivity contribution is 6.04. The van der Waals surface area contributed by atoms with Gasteiger partial charge in [-0.15, -0.1) is 0 Å². The van der Waals surface area contributed by atoms with Crippen LogP contribution in [0.25, 0.3) is 0 Å². The first-order valence-electron chi connectivity index (χ1n) is 7.87. The molecule has 1 N–H and O–H groups in total. The van der Waals surface area contributed by atoms with Crippen LogP contribution in [0.5, 0.6) is 5.75 Å². The lowest BCUT2D eigenvalue weighted by Gasteiger charge is -2.08. The molecule has 0 aromatic heterocycles.